The molecule has 0 saturated heterocycles. The number of carbonyl (C=O) groups is 1. The summed E-state index contributed by atoms with van der Waals surface area (Å²) in [6.45, 7) is 4.22. The molecule has 0 spiro atoms. The van der Waals surface area contributed by atoms with E-state index in [2.05, 4.69) is 10.0 Å². The molecule has 1 unspecified atom stereocenters. The van der Waals surface area contributed by atoms with Crippen LogP contribution in [0.5, 0.6) is 0 Å². The molecule has 4 N–H and O–H groups in total. The molecule has 96 valence electrons. The summed E-state index contributed by atoms with van der Waals surface area (Å²) in [4.78, 5) is 11.5. The maximum atomic E-state index is 11.5. The van der Waals surface area contributed by atoms with E-state index in [9.17, 15) is 13.2 Å². The second-order valence-electron chi connectivity index (χ2n) is 4.05. The number of sulfonamides is 1. The number of nitrogens with two attached hydrogens (primary N) is 1. The molecule has 16 heavy (non-hydrogen) atoms. The second-order valence-corrected chi connectivity index (χ2v) is 5.88. The summed E-state index contributed by atoms with van der Waals surface area (Å²) in [5.74, 6) is -0.214. The minimum Gasteiger partial charge on any atom is -0.354 e. The molecule has 0 bridgehead atoms. The topological polar surface area (TPSA) is 101 Å². The van der Waals surface area contributed by atoms with Gasteiger partial charge in [0, 0.05) is 13.1 Å². The van der Waals surface area contributed by atoms with Crippen LogP contribution in [-0.4, -0.2) is 39.2 Å². The highest BCUT2D eigenvalue weighted by Crippen LogP contribution is 2.03. The van der Waals surface area contributed by atoms with Crippen LogP contribution < -0.4 is 15.8 Å². The molecule has 1 amide bonds. The van der Waals surface area contributed by atoms with Crippen molar-refractivity contribution in [3.8, 4) is 0 Å². The SMILES string of the molecule is CCC(C)(N)C(=O)NCCCNS(C)(=O)=O. The van der Waals surface area contributed by atoms with Crippen molar-refractivity contribution in [1.82, 2.24) is 10.0 Å². The van der Waals surface area contributed by atoms with E-state index in [-0.39, 0.29) is 5.91 Å². The van der Waals surface area contributed by atoms with Crippen molar-refractivity contribution in [2.45, 2.75) is 32.2 Å². The Hall–Kier alpha value is -0.660. The number of amides is 1. The van der Waals surface area contributed by atoms with Gasteiger partial charge in [-0.05, 0) is 19.8 Å². The van der Waals surface area contributed by atoms with Crippen LogP contribution in [0.4, 0.5) is 0 Å². The Balaban J connectivity index is 3.72. The Kier molecular flexibility index (Phi) is 5.91. The molecule has 0 saturated carbocycles. The molecule has 0 aliphatic heterocycles. The summed E-state index contributed by atoms with van der Waals surface area (Å²) in [6.07, 6.45) is 2.19. The smallest absolute Gasteiger partial charge is 0.239 e. The van der Waals surface area contributed by atoms with Gasteiger partial charge in [0.2, 0.25) is 15.9 Å². The molecular formula is C9H21N3O3S. The lowest BCUT2D eigenvalue weighted by atomic mass is 10.00. The van der Waals surface area contributed by atoms with E-state index in [4.69, 9.17) is 5.73 Å². The molecule has 0 rings (SSSR count). The Bertz CT molecular complexity index is 325. The van der Waals surface area contributed by atoms with Gasteiger partial charge in [-0.2, -0.15) is 0 Å². The molecule has 0 aliphatic rings. The molecule has 7 heteroatoms. The Morgan fingerprint density at radius 3 is 2.38 bits per heavy atom. The number of hydrogen-bond acceptors (Lipinski definition) is 4. The Labute approximate surface area is 97.0 Å². The van der Waals surface area contributed by atoms with Crippen molar-refractivity contribution in [3.05, 3.63) is 0 Å². The van der Waals surface area contributed by atoms with E-state index in [1.165, 1.54) is 0 Å². The summed E-state index contributed by atoms with van der Waals surface area (Å²) in [7, 11) is -3.15. The van der Waals surface area contributed by atoms with Crippen molar-refractivity contribution in [1.29, 1.82) is 0 Å². The van der Waals surface area contributed by atoms with Gasteiger partial charge in [0.05, 0.1) is 11.8 Å². The van der Waals surface area contributed by atoms with E-state index >= 15 is 0 Å². The van der Waals surface area contributed by atoms with Crippen molar-refractivity contribution < 1.29 is 13.2 Å². The molecule has 0 aromatic carbocycles. The van der Waals surface area contributed by atoms with Crippen molar-refractivity contribution >= 4 is 15.9 Å². The van der Waals surface area contributed by atoms with Crippen LogP contribution in [0, 0.1) is 0 Å². The van der Waals surface area contributed by atoms with Gasteiger partial charge >= 0.3 is 0 Å². The lowest BCUT2D eigenvalue weighted by Crippen LogP contribution is -2.51. The summed E-state index contributed by atoms with van der Waals surface area (Å²) in [6, 6.07) is 0. The minimum atomic E-state index is -3.15. The molecule has 0 aliphatic carbocycles. The highest BCUT2D eigenvalue weighted by molar-refractivity contribution is 7.88. The van der Waals surface area contributed by atoms with Crippen molar-refractivity contribution in [3.63, 3.8) is 0 Å². The van der Waals surface area contributed by atoms with Crippen LogP contribution in [-0.2, 0) is 14.8 Å². The summed E-state index contributed by atoms with van der Waals surface area (Å²) in [5, 5.41) is 2.66. The maximum absolute atomic E-state index is 11.5. The van der Waals surface area contributed by atoms with Gasteiger partial charge in [-0.3, -0.25) is 4.79 Å². The van der Waals surface area contributed by atoms with Gasteiger partial charge in [0.1, 0.15) is 0 Å². The van der Waals surface area contributed by atoms with Crippen molar-refractivity contribution in [2.75, 3.05) is 19.3 Å². The van der Waals surface area contributed by atoms with Crippen LogP contribution >= 0.6 is 0 Å². The first-order valence-corrected chi connectivity index (χ1v) is 7.10. The predicted molar refractivity (Wildman–Crippen MR) is 63.4 cm³/mol. The van der Waals surface area contributed by atoms with Crippen LogP contribution in [0.25, 0.3) is 0 Å². The highest BCUT2D eigenvalue weighted by Gasteiger charge is 2.24. The molecule has 0 heterocycles. The maximum Gasteiger partial charge on any atom is 0.239 e. The zero-order valence-electron chi connectivity index (χ0n) is 10.0. The molecule has 0 fully saturated rings. The molecule has 0 radical (unpaired) electrons. The van der Waals surface area contributed by atoms with Crippen LogP contribution in [0.3, 0.4) is 0 Å². The summed E-state index contributed by atoms with van der Waals surface area (Å²) in [5.41, 5.74) is 4.86. The van der Waals surface area contributed by atoms with Gasteiger partial charge in [0.15, 0.2) is 0 Å². The molecule has 6 nitrogen and oxygen atoms in total. The zero-order chi connectivity index (χ0) is 12.8. The fourth-order valence-electron chi connectivity index (χ4n) is 0.910. The number of rotatable bonds is 7. The van der Waals surface area contributed by atoms with E-state index in [1.54, 1.807) is 6.92 Å². The third-order valence-corrected chi connectivity index (χ3v) is 2.99. The first-order chi connectivity index (χ1) is 7.19. The minimum absolute atomic E-state index is 0.214. The quantitative estimate of drug-likeness (QED) is 0.514. The largest absolute Gasteiger partial charge is 0.354 e. The summed E-state index contributed by atoms with van der Waals surface area (Å²) < 4.78 is 23.8. The number of hydrogen-bond donors (Lipinski definition) is 3. The van der Waals surface area contributed by atoms with Gasteiger partial charge in [0.25, 0.3) is 0 Å². The fourth-order valence-corrected chi connectivity index (χ4v) is 1.43. The van der Waals surface area contributed by atoms with E-state index in [0.717, 1.165) is 6.26 Å². The van der Waals surface area contributed by atoms with E-state index in [0.29, 0.717) is 25.9 Å². The first kappa shape index (κ1) is 15.3. The third-order valence-electron chi connectivity index (χ3n) is 2.26. The normalized spacial score (nSPS) is 15.5. The average molecular weight is 251 g/mol. The van der Waals surface area contributed by atoms with Gasteiger partial charge < -0.3 is 11.1 Å². The highest BCUT2D eigenvalue weighted by atomic mass is 32.2. The van der Waals surface area contributed by atoms with E-state index in [1.807, 2.05) is 6.92 Å². The Morgan fingerprint density at radius 1 is 1.38 bits per heavy atom. The van der Waals surface area contributed by atoms with Gasteiger partial charge in [-0.15, -0.1) is 0 Å². The zero-order valence-corrected chi connectivity index (χ0v) is 10.9. The predicted octanol–water partition coefficient (Wildman–Crippen LogP) is -0.831. The number of nitrogens with one attached hydrogen (secondary N) is 2. The molecule has 0 aromatic rings. The molecule has 1 atom stereocenters. The van der Waals surface area contributed by atoms with Gasteiger partial charge in [-0.1, -0.05) is 6.92 Å². The second kappa shape index (κ2) is 6.17. The standard InChI is InChI=1S/C9H21N3O3S/c1-4-9(2,10)8(13)11-6-5-7-12-16(3,14)15/h12H,4-7,10H2,1-3H3,(H,11,13). The molecular weight excluding hydrogens is 230 g/mol. The Morgan fingerprint density at radius 2 is 1.94 bits per heavy atom. The lowest BCUT2D eigenvalue weighted by Gasteiger charge is -2.21. The number of carbonyl (C=O) groups excluding carboxylic acids is 1. The average Bonchev–Trinajstić information content (AvgIpc) is 2.15. The summed E-state index contributed by atoms with van der Waals surface area (Å²) >= 11 is 0. The van der Waals surface area contributed by atoms with Gasteiger partial charge in [-0.25, -0.2) is 13.1 Å². The lowest BCUT2D eigenvalue weighted by molar-refractivity contribution is -0.125. The van der Waals surface area contributed by atoms with E-state index < -0.39 is 15.6 Å². The van der Waals surface area contributed by atoms with Crippen LogP contribution in [0.2, 0.25) is 0 Å². The fraction of sp³-hybridized carbons (Fsp3) is 0.889. The first-order valence-electron chi connectivity index (χ1n) is 5.21. The monoisotopic (exact) mass is 251 g/mol. The van der Waals surface area contributed by atoms with Crippen molar-refractivity contribution in [2.24, 2.45) is 5.73 Å². The van der Waals surface area contributed by atoms with Crippen LogP contribution in [0.1, 0.15) is 26.7 Å². The molecule has 0 aromatic heterocycles. The third kappa shape index (κ3) is 6.76. The van der Waals surface area contributed by atoms with Crippen LogP contribution in [0.15, 0.2) is 0 Å².